The summed E-state index contributed by atoms with van der Waals surface area (Å²) in [5.74, 6) is 0.511. The third-order valence-corrected chi connectivity index (χ3v) is 4.72. The molecule has 102 valence electrons. The predicted molar refractivity (Wildman–Crippen MR) is 74.7 cm³/mol. The third-order valence-electron chi connectivity index (χ3n) is 2.40. The van der Waals surface area contributed by atoms with Crippen LogP contribution in [0.3, 0.4) is 0 Å². The Kier molecular flexibility index (Phi) is 4.13. The first-order chi connectivity index (χ1) is 9.01. The van der Waals surface area contributed by atoms with Crippen molar-refractivity contribution < 1.29 is 8.42 Å². The van der Waals surface area contributed by atoms with E-state index in [0.29, 0.717) is 5.82 Å². The number of aromatic nitrogens is 2. The summed E-state index contributed by atoms with van der Waals surface area (Å²) in [6, 6.07) is 2.95. The summed E-state index contributed by atoms with van der Waals surface area (Å²) in [5.41, 5.74) is 0. The molecule has 0 bridgehead atoms. The van der Waals surface area contributed by atoms with Gasteiger partial charge in [0.25, 0.3) is 0 Å². The Morgan fingerprint density at radius 1 is 1.37 bits per heavy atom. The fourth-order valence-electron chi connectivity index (χ4n) is 1.45. The van der Waals surface area contributed by atoms with E-state index in [4.69, 9.17) is 0 Å². The Labute approximate surface area is 116 Å². The van der Waals surface area contributed by atoms with Gasteiger partial charge >= 0.3 is 0 Å². The molecule has 8 heteroatoms. The molecular weight excluding hydrogens is 284 g/mol. The Morgan fingerprint density at radius 3 is 2.79 bits per heavy atom. The second-order valence-corrected chi connectivity index (χ2v) is 6.88. The van der Waals surface area contributed by atoms with Gasteiger partial charge in [-0.2, -0.15) is 0 Å². The van der Waals surface area contributed by atoms with Gasteiger partial charge in [0.2, 0.25) is 10.0 Å². The van der Waals surface area contributed by atoms with Gasteiger partial charge in [-0.1, -0.05) is 0 Å². The molecule has 0 unspecified atom stereocenters. The van der Waals surface area contributed by atoms with Gasteiger partial charge in [0.1, 0.15) is 5.82 Å². The Hall–Kier alpha value is -1.51. The molecule has 0 fully saturated rings. The van der Waals surface area contributed by atoms with E-state index < -0.39 is 10.0 Å². The normalized spacial score (nSPS) is 11.5. The van der Waals surface area contributed by atoms with Crippen molar-refractivity contribution in [1.82, 2.24) is 14.7 Å². The Bertz CT molecular complexity index is 667. The molecule has 2 heterocycles. The topological polar surface area (TPSA) is 84.0 Å². The first kappa shape index (κ1) is 13.9. The highest BCUT2D eigenvalue weighted by Gasteiger charge is 2.14. The minimum absolute atomic E-state index is 0.188. The summed E-state index contributed by atoms with van der Waals surface area (Å²) in [7, 11) is -1.85. The number of hydrogen-bond acceptors (Lipinski definition) is 6. The second kappa shape index (κ2) is 5.64. The Balaban J connectivity index is 2.13. The van der Waals surface area contributed by atoms with E-state index in [2.05, 4.69) is 20.0 Å². The zero-order chi connectivity index (χ0) is 13.9. The minimum atomic E-state index is -3.53. The highest BCUT2D eigenvalue weighted by atomic mass is 32.2. The van der Waals surface area contributed by atoms with Crippen molar-refractivity contribution in [3.05, 3.63) is 34.4 Å². The van der Waals surface area contributed by atoms with Gasteiger partial charge in [-0.15, -0.1) is 11.3 Å². The number of nitrogens with one attached hydrogen (secondary N) is 2. The molecule has 0 saturated heterocycles. The highest BCUT2D eigenvalue weighted by molar-refractivity contribution is 7.89. The van der Waals surface area contributed by atoms with Crippen molar-refractivity contribution in [2.45, 2.75) is 18.4 Å². The van der Waals surface area contributed by atoms with Crippen molar-refractivity contribution in [3.63, 3.8) is 0 Å². The molecule has 0 aliphatic carbocycles. The van der Waals surface area contributed by atoms with Gasteiger partial charge < -0.3 is 5.32 Å². The van der Waals surface area contributed by atoms with Crippen LogP contribution in [0.4, 0.5) is 5.82 Å². The first-order valence-corrected chi connectivity index (χ1v) is 7.86. The predicted octanol–water partition coefficient (Wildman–Crippen LogP) is 1.37. The molecule has 0 aliphatic rings. The van der Waals surface area contributed by atoms with Crippen molar-refractivity contribution in [3.8, 4) is 0 Å². The zero-order valence-electron chi connectivity index (χ0n) is 10.5. The van der Waals surface area contributed by atoms with E-state index in [1.54, 1.807) is 13.2 Å². The molecule has 0 aliphatic heterocycles. The molecule has 6 nitrogen and oxygen atoms in total. The molecule has 0 atom stereocenters. The summed E-state index contributed by atoms with van der Waals surface area (Å²) >= 11 is 1.47. The number of thiazole rings is 1. The maximum absolute atomic E-state index is 12.1. The van der Waals surface area contributed by atoms with E-state index in [1.807, 2.05) is 6.92 Å². The summed E-state index contributed by atoms with van der Waals surface area (Å²) in [5, 5.41) is 3.72. The lowest BCUT2D eigenvalue weighted by Crippen LogP contribution is -2.23. The smallest absolute Gasteiger partial charge is 0.241 e. The van der Waals surface area contributed by atoms with Gasteiger partial charge in [0, 0.05) is 36.9 Å². The van der Waals surface area contributed by atoms with Crippen LogP contribution in [0, 0.1) is 6.92 Å². The zero-order valence-corrected chi connectivity index (χ0v) is 12.2. The number of aryl methyl sites for hydroxylation is 1. The quantitative estimate of drug-likeness (QED) is 0.871. The fourth-order valence-corrected chi connectivity index (χ4v) is 3.30. The van der Waals surface area contributed by atoms with Crippen molar-refractivity contribution in [2.24, 2.45) is 0 Å². The first-order valence-electron chi connectivity index (χ1n) is 5.56. The van der Waals surface area contributed by atoms with Gasteiger partial charge in [-0.3, -0.25) is 0 Å². The van der Waals surface area contributed by atoms with E-state index >= 15 is 0 Å². The van der Waals surface area contributed by atoms with E-state index in [0.717, 1.165) is 9.88 Å². The number of rotatable bonds is 5. The van der Waals surface area contributed by atoms with Crippen molar-refractivity contribution in [2.75, 3.05) is 12.4 Å². The lowest BCUT2D eigenvalue weighted by Gasteiger charge is -2.06. The molecule has 2 aromatic heterocycles. The van der Waals surface area contributed by atoms with Gasteiger partial charge in [0.05, 0.1) is 9.90 Å². The lowest BCUT2D eigenvalue weighted by molar-refractivity contribution is 0.581. The third kappa shape index (κ3) is 3.49. The molecule has 2 aromatic rings. The van der Waals surface area contributed by atoms with Crippen molar-refractivity contribution in [1.29, 1.82) is 0 Å². The molecule has 0 saturated carbocycles. The number of pyridine rings is 1. The van der Waals surface area contributed by atoms with E-state index in [9.17, 15) is 8.42 Å². The van der Waals surface area contributed by atoms with Crippen LogP contribution in [-0.2, 0) is 16.6 Å². The molecule has 0 radical (unpaired) electrons. The molecule has 2 N–H and O–H groups in total. The SMILES string of the molecule is CNc1cc(S(=O)(=O)NCc2cnc(C)s2)ccn1. The Morgan fingerprint density at radius 2 is 2.16 bits per heavy atom. The molecule has 19 heavy (non-hydrogen) atoms. The minimum Gasteiger partial charge on any atom is -0.373 e. The van der Waals surface area contributed by atoms with Crippen LogP contribution in [0.1, 0.15) is 9.88 Å². The molecule has 0 spiro atoms. The number of anilines is 1. The average molecular weight is 298 g/mol. The van der Waals surface area contributed by atoms with Crippen LogP contribution < -0.4 is 10.0 Å². The van der Waals surface area contributed by atoms with Crippen LogP contribution >= 0.6 is 11.3 Å². The van der Waals surface area contributed by atoms with Crippen LogP contribution in [-0.4, -0.2) is 25.4 Å². The highest BCUT2D eigenvalue weighted by Crippen LogP contribution is 2.15. The maximum Gasteiger partial charge on any atom is 0.241 e. The molecule has 2 rings (SSSR count). The average Bonchev–Trinajstić information content (AvgIpc) is 2.82. The number of nitrogens with zero attached hydrogens (tertiary/aromatic N) is 2. The van der Waals surface area contributed by atoms with Crippen LogP contribution in [0.2, 0.25) is 0 Å². The van der Waals surface area contributed by atoms with E-state index in [-0.39, 0.29) is 11.4 Å². The molecule has 0 aromatic carbocycles. The van der Waals surface area contributed by atoms with Gasteiger partial charge in [-0.25, -0.2) is 23.1 Å². The number of sulfonamides is 1. The maximum atomic E-state index is 12.1. The summed E-state index contributed by atoms with van der Waals surface area (Å²) in [6.45, 7) is 2.12. The monoisotopic (exact) mass is 298 g/mol. The van der Waals surface area contributed by atoms with Crippen LogP contribution in [0.25, 0.3) is 0 Å². The standard InChI is InChI=1S/C11H14N4O2S2/c1-8-14-6-9(18-8)7-15-19(16,17)10-3-4-13-11(5-10)12-2/h3-6,15H,7H2,1-2H3,(H,12,13). The lowest BCUT2D eigenvalue weighted by atomic mass is 10.5. The number of hydrogen-bond donors (Lipinski definition) is 2. The largest absolute Gasteiger partial charge is 0.373 e. The van der Waals surface area contributed by atoms with Gasteiger partial charge in [-0.05, 0) is 13.0 Å². The van der Waals surface area contributed by atoms with Crippen LogP contribution in [0.15, 0.2) is 29.4 Å². The summed E-state index contributed by atoms with van der Waals surface area (Å²) < 4.78 is 26.7. The van der Waals surface area contributed by atoms with E-state index in [1.165, 1.54) is 29.7 Å². The molecular formula is C11H14N4O2S2. The summed E-state index contributed by atoms with van der Waals surface area (Å²) in [4.78, 5) is 9.13. The second-order valence-electron chi connectivity index (χ2n) is 3.80. The van der Waals surface area contributed by atoms with Gasteiger partial charge in [0.15, 0.2) is 0 Å². The fraction of sp³-hybridized carbons (Fsp3) is 0.273. The summed E-state index contributed by atoms with van der Waals surface area (Å²) in [6.07, 6.45) is 3.13. The molecule has 0 amide bonds. The van der Waals surface area contributed by atoms with Crippen molar-refractivity contribution >= 4 is 27.2 Å². The van der Waals surface area contributed by atoms with Crippen LogP contribution in [0.5, 0.6) is 0 Å².